The van der Waals surface area contributed by atoms with Gasteiger partial charge in [-0.3, -0.25) is 9.69 Å². The summed E-state index contributed by atoms with van der Waals surface area (Å²) < 4.78 is 10.7. The Bertz CT molecular complexity index is 888. The first-order valence-corrected chi connectivity index (χ1v) is 11.1. The van der Waals surface area contributed by atoms with E-state index in [9.17, 15) is 9.59 Å². The van der Waals surface area contributed by atoms with Gasteiger partial charge in [0.15, 0.2) is 0 Å². The number of benzene rings is 2. The zero-order valence-corrected chi connectivity index (χ0v) is 19.1. The van der Waals surface area contributed by atoms with E-state index in [2.05, 4.69) is 10.2 Å². The first kappa shape index (κ1) is 23.6. The van der Waals surface area contributed by atoms with Gasteiger partial charge in [-0.25, -0.2) is 4.79 Å². The zero-order valence-electron chi connectivity index (χ0n) is 19.1. The second-order valence-corrected chi connectivity index (χ2v) is 8.38. The lowest BCUT2D eigenvalue weighted by Crippen LogP contribution is -2.40. The average molecular weight is 440 g/mol. The number of ether oxygens (including phenoxy) is 2. The van der Waals surface area contributed by atoms with Crippen LogP contribution in [0.5, 0.6) is 5.75 Å². The third-order valence-corrected chi connectivity index (χ3v) is 5.39. The van der Waals surface area contributed by atoms with Crippen molar-refractivity contribution in [1.29, 1.82) is 0 Å². The molecule has 1 saturated heterocycles. The normalized spacial score (nSPS) is 15.7. The van der Waals surface area contributed by atoms with Crippen LogP contribution < -0.4 is 10.1 Å². The van der Waals surface area contributed by atoms with E-state index in [1.54, 1.807) is 18.1 Å². The van der Waals surface area contributed by atoms with E-state index in [0.717, 1.165) is 12.0 Å². The van der Waals surface area contributed by atoms with Crippen molar-refractivity contribution in [2.24, 2.45) is 5.92 Å². The topological polar surface area (TPSA) is 71.1 Å². The minimum atomic E-state index is -0.464. The van der Waals surface area contributed by atoms with Gasteiger partial charge in [0.2, 0.25) is 5.91 Å². The van der Waals surface area contributed by atoms with Crippen LogP contribution in [-0.2, 0) is 9.53 Å². The highest BCUT2D eigenvalue weighted by molar-refractivity contribution is 5.95. The van der Waals surface area contributed by atoms with Crippen molar-refractivity contribution in [3.8, 4) is 5.75 Å². The first-order chi connectivity index (χ1) is 15.5. The van der Waals surface area contributed by atoms with E-state index in [4.69, 9.17) is 9.47 Å². The minimum Gasteiger partial charge on any atom is -0.497 e. The summed E-state index contributed by atoms with van der Waals surface area (Å²) in [6.45, 7) is 6.88. The Hall–Kier alpha value is -3.06. The molecule has 0 radical (unpaired) electrons. The predicted octanol–water partition coefficient (Wildman–Crippen LogP) is 4.18. The molecule has 0 bridgehead atoms. The Kier molecular flexibility index (Phi) is 8.50. The summed E-state index contributed by atoms with van der Waals surface area (Å²) in [5.74, 6) is 0.870. The van der Waals surface area contributed by atoms with Crippen molar-refractivity contribution in [2.45, 2.75) is 26.3 Å². The molecule has 2 aromatic carbocycles. The fourth-order valence-electron chi connectivity index (χ4n) is 3.78. The fraction of sp³-hybridized carbons (Fsp3) is 0.440. The van der Waals surface area contributed by atoms with Gasteiger partial charge in [-0.2, -0.15) is 0 Å². The van der Waals surface area contributed by atoms with Crippen LogP contribution >= 0.6 is 0 Å². The molecule has 2 amide bonds. The first-order valence-electron chi connectivity index (χ1n) is 11.1. The van der Waals surface area contributed by atoms with Gasteiger partial charge < -0.3 is 19.7 Å². The highest BCUT2D eigenvalue weighted by atomic mass is 16.6. The number of nitrogens with zero attached hydrogens (tertiary/aromatic N) is 2. The third kappa shape index (κ3) is 6.47. The van der Waals surface area contributed by atoms with Gasteiger partial charge >= 0.3 is 6.09 Å². The average Bonchev–Trinajstić information content (AvgIpc) is 3.04. The molecule has 1 atom stereocenters. The quantitative estimate of drug-likeness (QED) is 0.701. The van der Waals surface area contributed by atoms with Gasteiger partial charge in [-0.15, -0.1) is 0 Å². The minimum absolute atomic E-state index is 0.111. The largest absolute Gasteiger partial charge is 0.497 e. The van der Waals surface area contributed by atoms with Crippen molar-refractivity contribution in [2.75, 3.05) is 45.2 Å². The van der Waals surface area contributed by atoms with Crippen molar-refractivity contribution in [3.05, 3.63) is 60.2 Å². The Morgan fingerprint density at radius 1 is 1.00 bits per heavy atom. The van der Waals surface area contributed by atoms with E-state index in [1.807, 2.05) is 62.4 Å². The van der Waals surface area contributed by atoms with Crippen LogP contribution in [-0.4, -0.2) is 61.7 Å². The van der Waals surface area contributed by atoms with Gasteiger partial charge in [0.1, 0.15) is 11.8 Å². The second-order valence-electron chi connectivity index (χ2n) is 8.38. The molecule has 0 saturated carbocycles. The van der Waals surface area contributed by atoms with Crippen LogP contribution in [0.2, 0.25) is 0 Å². The van der Waals surface area contributed by atoms with Crippen molar-refractivity contribution in [1.82, 2.24) is 9.80 Å². The molecule has 0 aromatic heterocycles. The van der Waals surface area contributed by atoms with Crippen molar-refractivity contribution < 1.29 is 19.1 Å². The van der Waals surface area contributed by atoms with Gasteiger partial charge in [-0.1, -0.05) is 50.2 Å². The van der Waals surface area contributed by atoms with Crippen LogP contribution in [0.3, 0.4) is 0 Å². The molecule has 1 heterocycles. The van der Waals surface area contributed by atoms with Crippen LogP contribution in [0.25, 0.3) is 0 Å². The number of carbonyl (C=O) groups excluding carboxylic acids is 2. The van der Waals surface area contributed by atoms with Crippen LogP contribution in [0.15, 0.2) is 54.6 Å². The number of amides is 2. The standard InChI is InChI=1S/C25H33N3O4/c1-19(2)18-32-25(30)28-14-8-13-27(15-16-28)23(20-9-5-4-6-10-20)24(29)26-21-11-7-12-22(17-21)31-3/h4-7,9-12,17,19,23H,8,13-16,18H2,1-3H3,(H,26,29). The molecule has 0 spiro atoms. The zero-order chi connectivity index (χ0) is 22.9. The van der Waals surface area contributed by atoms with E-state index < -0.39 is 6.04 Å². The molecular formula is C25H33N3O4. The SMILES string of the molecule is COc1cccc(NC(=O)C(c2ccccc2)N2CCCN(C(=O)OCC(C)C)CC2)c1. The molecule has 1 aliphatic heterocycles. The number of anilines is 1. The number of hydrogen-bond donors (Lipinski definition) is 1. The maximum absolute atomic E-state index is 13.4. The maximum atomic E-state index is 13.4. The summed E-state index contributed by atoms with van der Waals surface area (Å²) in [5.41, 5.74) is 1.60. The Morgan fingerprint density at radius 3 is 2.50 bits per heavy atom. The molecule has 2 aromatic rings. The number of nitrogens with one attached hydrogen (secondary N) is 1. The van der Waals surface area contributed by atoms with Crippen LogP contribution in [0.1, 0.15) is 31.9 Å². The van der Waals surface area contributed by atoms with Crippen molar-refractivity contribution in [3.63, 3.8) is 0 Å². The van der Waals surface area contributed by atoms with E-state index in [1.165, 1.54) is 0 Å². The number of hydrogen-bond acceptors (Lipinski definition) is 5. The number of carbonyl (C=O) groups is 2. The van der Waals surface area contributed by atoms with Crippen LogP contribution in [0.4, 0.5) is 10.5 Å². The lowest BCUT2D eigenvalue weighted by Gasteiger charge is -2.30. The van der Waals surface area contributed by atoms with Gasteiger partial charge in [0, 0.05) is 37.9 Å². The molecule has 7 heteroatoms. The molecular weight excluding hydrogens is 406 g/mol. The number of methoxy groups -OCH3 is 1. The van der Waals surface area contributed by atoms with Crippen LogP contribution in [0, 0.1) is 5.92 Å². The van der Waals surface area contributed by atoms with Gasteiger partial charge in [0.25, 0.3) is 0 Å². The fourth-order valence-corrected chi connectivity index (χ4v) is 3.78. The third-order valence-electron chi connectivity index (χ3n) is 5.39. The van der Waals surface area contributed by atoms with Gasteiger partial charge in [0.05, 0.1) is 13.7 Å². The molecule has 3 rings (SSSR count). The Morgan fingerprint density at radius 2 is 1.78 bits per heavy atom. The summed E-state index contributed by atoms with van der Waals surface area (Å²) >= 11 is 0. The summed E-state index contributed by atoms with van der Waals surface area (Å²) in [7, 11) is 1.60. The Labute approximate surface area is 190 Å². The number of rotatable bonds is 7. The second kappa shape index (κ2) is 11.5. The van der Waals surface area contributed by atoms with E-state index in [0.29, 0.717) is 50.1 Å². The lowest BCUT2D eigenvalue weighted by atomic mass is 10.0. The predicted molar refractivity (Wildman–Crippen MR) is 125 cm³/mol. The summed E-state index contributed by atoms with van der Waals surface area (Å²) in [6, 6.07) is 16.6. The molecule has 1 N–H and O–H groups in total. The van der Waals surface area contributed by atoms with E-state index in [-0.39, 0.29) is 12.0 Å². The lowest BCUT2D eigenvalue weighted by molar-refractivity contribution is -0.121. The molecule has 1 aliphatic rings. The Balaban J connectivity index is 1.74. The summed E-state index contributed by atoms with van der Waals surface area (Å²) in [6.07, 6.45) is 0.490. The van der Waals surface area contributed by atoms with Gasteiger partial charge in [-0.05, 0) is 30.0 Å². The monoisotopic (exact) mass is 439 g/mol. The molecule has 1 fully saturated rings. The smallest absolute Gasteiger partial charge is 0.409 e. The molecule has 7 nitrogen and oxygen atoms in total. The van der Waals surface area contributed by atoms with Crippen molar-refractivity contribution >= 4 is 17.7 Å². The highest BCUT2D eigenvalue weighted by Gasteiger charge is 2.30. The molecule has 1 unspecified atom stereocenters. The molecule has 32 heavy (non-hydrogen) atoms. The molecule has 172 valence electrons. The maximum Gasteiger partial charge on any atom is 0.409 e. The summed E-state index contributed by atoms with van der Waals surface area (Å²) in [4.78, 5) is 29.7. The molecule has 0 aliphatic carbocycles. The van der Waals surface area contributed by atoms with E-state index >= 15 is 0 Å². The summed E-state index contributed by atoms with van der Waals surface area (Å²) in [5, 5.41) is 3.03. The highest BCUT2D eigenvalue weighted by Crippen LogP contribution is 2.25.